The maximum Gasteiger partial charge on any atom is 0.510 e. The molecule has 3 rings (SSSR count). The quantitative estimate of drug-likeness (QED) is 0.780. The van der Waals surface area contributed by atoms with E-state index >= 15 is 0 Å². The molecule has 0 aliphatic carbocycles. The van der Waals surface area contributed by atoms with Gasteiger partial charge in [-0.2, -0.15) is 0 Å². The Balaban J connectivity index is 2.05. The van der Waals surface area contributed by atoms with Crippen molar-refractivity contribution in [3.05, 3.63) is 47.1 Å². The first-order chi connectivity index (χ1) is 10.6. The van der Waals surface area contributed by atoms with Crippen molar-refractivity contribution < 1.29 is 19.1 Å². The number of carbonyl (C=O) groups excluding carboxylic acids is 2. The average Bonchev–Trinajstić information content (AvgIpc) is 2.81. The third-order valence-electron chi connectivity index (χ3n) is 2.95. The summed E-state index contributed by atoms with van der Waals surface area (Å²) in [5.74, 6) is -0.227. The number of hydrogen-bond donors (Lipinski definition) is 0. The molecule has 1 aliphatic rings. The van der Waals surface area contributed by atoms with Crippen molar-refractivity contribution in [2.45, 2.75) is 6.23 Å². The molecule has 0 N–H and O–H groups in total. The lowest BCUT2D eigenvalue weighted by atomic mass is 10.3. The molecule has 1 atom stereocenters. The number of amides is 1. The number of nitrogens with zero attached hydrogens (tertiary/aromatic N) is 4. The fraction of sp³-hybridized carbons (Fsp3) is 0.154. The van der Waals surface area contributed by atoms with Crippen LogP contribution in [0.2, 0.25) is 5.02 Å². The van der Waals surface area contributed by atoms with Crippen LogP contribution in [0.25, 0.3) is 0 Å². The molecule has 1 aliphatic heterocycles. The minimum Gasteiger partial charge on any atom is -0.438 e. The Kier molecular flexibility index (Phi) is 3.60. The minimum absolute atomic E-state index is 0.0909. The van der Waals surface area contributed by atoms with Gasteiger partial charge in [-0.15, -0.1) is 0 Å². The topological polar surface area (TPSA) is 94.5 Å². The normalized spacial score (nSPS) is 16.4. The predicted octanol–water partition coefficient (Wildman–Crippen LogP) is 1.97. The number of hydrogen-bond acceptors (Lipinski definition) is 7. The maximum atomic E-state index is 12.5. The maximum absolute atomic E-state index is 12.5. The van der Waals surface area contributed by atoms with Crippen molar-refractivity contribution >= 4 is 29.5 Å². The van der Waals surface area contributed by atoms with Gasteiger partial charge in [-0.3, -0.25) is 9.78 Å². The molecule has 9 heteroatoms. The summed E-state index contributed by atoms with van der Waals surface area (Å²) in [6.45, 7) is 0. The van der Waals surface area contributed by atoms with E-state index in [0.717, 1.165) is 4.90 Å². The molecule has 0 spiro atoms. The zero-order chi connectivity index (χ0) is 15.7. The second-order valence-electron chi connectivity index (χ2n) is 4.22. The second-order valence-corrected chi connectivity index (χ2v) is 4.66. The number of pyridine rings is 1. The molecular weight excluding hydrogens is 312 g/mol. The van der Waals surface area contributed by atoms with Gasteiger partial charge in [0.2, 0.25) is 6.23 Å². The lowest BCUT2D eigenvalue weighted by Crippen LogP contribution is -2.31. The highest BCUT2D eigenvalue weighted by Gasteiger charge is 2.43. The van der Waals surface area contributed by atoms with Crippen LogP contribution in [-0.4, -0.2) is 34.1 Å². The summed E-state index contributed by atoms with van der Waals surface area (Å²) in [4.78, 5) is 37.2. The smallest absolute Gasteiger partial charge is 0.438 e. The van der Waals surface area contributed by atoms with E-state index in [1.807, 2.05) is 0 Å². The van der Waals surface area contributed by atoms with Gasteiger partial charge in [-0.25, -0.2) is 19.7 Å². The lowest BCUT2D eigenvalue weighted by Gasteiger charge is -2.22. The van der Waals surface area contributed by atoms with Crippen molar-refractivity contribution in [2.75, 3.05) is 12.0 Å². The first-order valence-electron chi connectivity index (χ1n) is 6.12. The van der Waals surface area contributed by atoms with Gasteiger partial charge in [0.1, 0.15) is 11.5 Å². The number of halogens is 1. The monoisotopic (exact) mass is 320 g/mol. The van der Waals surface area contributed by atoms with E-state index in [2.05, 4.69) is 19.7 Å². The van der Waals surface area contributed by atoms with E-state index in [4.69, 9.17) is 16.3 Å². The van der Waals surface area contributed by atoms with Crippen LogP contribution in [0.4, 0.5) is 10.6 Å². The van der Waals surface area contributed by atoms with Crippen LogP contribution in [0.1, 0.15) is 22.4 Å². The molecule has 22 heavy (non-hydrogen) atoms. The highest BCUT2D eigenvalue weighted by Crippen LogP contribution is 2.35. The molecule has 1 amide bonds. The van der Waals surface area contributed by atoms with Crippen molar-refractivity contribution in [2.24, 2.45) is 0 Å². The summed E-state index contributed by atoms with van der Waals surface area (Å²) in [6.07, 6.45) is 2.11. The number of aromatic nitrogens is 3. The third kappa shape index (κ3) is 2.33. The number of carbonyl (C=O) groups is 2. The van der Waals surface area contributed by atoms with E-state index in [1.165, 1.54) is 31.8 Å². The van der Waals surface area contributed by atoms with Gasteiger partial charge in [0.25, 0.3) is 5.91 Å². The number of fused-ring (bicyclic) bond motifs is 1. The highest BCUT2D eigenvalue weighted by molar-refractivity contribution is 6.30. The Labute approximate surface area is 129 Å². The van der Waals surface area contributed by atoms with E-state index in [0.29, 0.717) is 5.02 Å². The highest BCUT2D eigenvalue weighted by atomic mass is 35.5. The van der Waals surface area contributed by atoms with Crippen LogP contribution in [-0.2, 0) is 9.47 Å². The van der Waals surface area contributed by atoms with E-state index in [1.54, 1.807) is 6.07 Å². The summed E-state index contributed by atoms with van der Waals surface area (Å²) < 4.78 is 9.60. The number of ether oxygens (including phenoxy) is 2. The molecule has 0 saturated carbocycles. The van der Waals surface area contributed by atoms with Crippen LogP contribution in [0.15, 0.2) is 30.7 Å². The van der Waals surface area contributed by atoms with Crippen molar-refractivity contribution in [3.63, 3.8) is 0 Å². The first-order valence-corrected chi connectivity index (χ1v) is 6.50. The Morgan fingerprint density at radius 3 is 2.73 bits per heavy atom. The molecule has 2 aromatic rings. The van der Waals surface area contributed by atoms with Gasteiger partial charge in [-0.1, -0.05) is 11.6 Å². The average molecular weight is 321 g/mol. The minimum atomic E-state index is -1.10. The van der Waals surface area contributed by atoms with Crippen LogP contribution in [0.3, 0.4) is 0 Å². The van der Waals surface area contributed by atoms with Gasteiger partial charge < -0.3 is 9.47 Å². The Morgan fingerprint density at radius 1 is 1.27 bits per heavy atom. The standard InChI is InChI=1S/C13H9ClN4O4/c1-21-13(20)22-12-10-9(15-4-5-16-10)11(19)18(12)8-3-2-7(14)6-17-8/h2-6,12H,1H3/t12-/m0/s1. The summed E-state index contributed by atoms with van der Waals surface area (Å²) >= 11 is 5.79. The summed E-state index contributed by atoms with van der Waals surface area (Å²) in [6, 6.07) is 3.09. The molecule has 0 unspecified atom stereocenters. The predicted molar refractivity (Wildman–Crippen MR) is 74.3 cm³/mol. The zero-order valence-electron chi connectivity index (χ0n) is 11.3. The summed E-state index contributed by atoms with van der Waals surface area (Å²) in [5, 5.41) is 0.412. The van der Waals surface area contributed by atoms with Gasteiger partial charge in [0, 0.05) is 18.6 Å². The number of anilines is 1. The summed E-state index contributed by atoms with van der Waals surface area (Å²) in [7, 11) is 1.17. The van der Waals surface area contributed by atoms with Gasteiger partial charge in [0.05, 0.1) is 12.1 Å². The fourth-order valence-corrected chi connectivity index (χ4v) is 2.13. The molecule has 0 radical (unpaired) electrons. The van der Waals surface area contributed by atoms with Crippen LogP contribution in [0.5, 0.6) is 0 Å². The van der Waals surface area contributed by atoms with Gasteiger partial charge in [-0.05, 0) is 12.1 Å². The molecule has 2 aromatic heterocycles. The molecule has 8 nitrogen and oxygen atoms in total. The van der Waals surface area contributed by atoms with E-state index in [-0.39, 0.29) is 17.2 Å². The molecule has 3 heterocycles. The van der Waals surface area contributed by atoms with Crippen LogP contribution in [0, 0.1) is 0 Å². The van der Waals surface area contributed by atoms with Crippen molar-refractivity contribution in [3.8, 4) is 0 Å². The SMILES string of the molecule is COC(=O)O[C@H]1c2nccnc2C(=O)N1c1ccc(Cl)cn1. The molecule has 112 valence electrons. The van der Waals surface area contributed by atoms with Crippen molar-refractivity contribution in [1.82, 2.24) is 15.0 Å². The number of methoxy groups -OCH3 is 1. The third-order valence-corrected chi connectivity index (χ3v) is 3.17. The molecular formula is C13H9ClN4O4. The van der Waals surface area contributed by atoms with Gasteiger partial charge in [0.15, 0.2) is 5.69 Å². The molecule has 0 bridgehead atoms. The Hall–Kier alpha value is -2.74. The Morgan fingerprint density at radius 2 is 2.05 bits per heavy atom. The lowest BCUT2D eigenvalue weighted by molar-refractivity contribution is 0.0360. The van der Waals surface area contributed by atoms with Crippen molar-refractivity contribution in [1.29, 1.82) is 0 Å². The largest absolute Gasteiger partial charge is 0.510 e. The second kappa shape index (κ2) is 5.57. The van der Waals surface area contributed by atoms with E-state index in [9.17, 15) is 9.59 Å². The van der Waals surface area contributed by atoms with Gasteiger partial charge >= 0.3 is 6.16 Å². The molecule has 0 saturated heterocycles. The first kappa shape index (κ1) is 14.2. The molecule has 0 aromatic carbocycles. The molecule has 0 fully saturated rings. The van der Waals surface area contributed by atoms with Crippen LogP contribution < -0.4 is 4.90 Å². The Bertz CT molecular complexity index is 737. The van der Waals surface area contributed by atoms with Crippen LogP contribution >= 0.6 is 11.6 Å². The zero-order valence-corrected chi connectivity index (χ0v) is 12.0. The number of rotatable bonds is 2. The van der Waals surface area contributed by atoms with E-state index < -0.39 is 18.3 Å². The summed E-state index contributed by atoms with van der Waals surface area (Å²) in [5.41, 5.74) is 0.308. The fourth-order valence-electron chi connectivity index (χ4n) is 2.02.